The van der Waals surface area contributed by atoms with Gasteiger partial charge in [0.1, 0.15) is 6.10 Å². The van der Waals surface area contributed by atoms with Crippen molar-refractivity contribution in [1.82, 2.24) is 0 Å². The Hall–Kier alpha value is 0.218. The molecule has 0 bridgehead atoms. The van der Waals surface area contributed by atoms with Gasteiger partial charge in [0.2, 0.25) is 0 Å². The van der Waals surface area contributed by atoms with E-state index in [0.717, 1.165) is 0 Å². The summed E-state index contributed by atoms with van der Waals surface area (Å²) in [5.74, 6) is 0. The van der Waals surface area contributed by atoms with Crippen molar-refractivity contribution >= 4 is 39.5 Å². The van der Waals surface area contributed by atoms with Crippen molar-refractivity contribution in [3.05, 3.63) is 0 Å². The molecule has 0 aromatic rings. The SMILES string of the molecule is C[Si](C)(C)OCC(O[Si](C)(C)C)C(/C=N/O[Si](C)(C)C)O[Si](C)(C)C. The first-order chi connectivity index (χ1) is 10.9. The van der Waals surface area contributed by atoms with Gasteiger partial charge in [0.15, 0.2) is 25.0 Å². The van der Waals surface area contributed by atoms with Crippen LogP contribution in [0.15, 0.2) is 5.16 Å². The molecule has 0 amide bonds. The van der Waals surface area contributed by atoms with E-state index in [9.17, 15) is 0 Å². The van der Waals surface area contributed by atoms with Crippen LogP contribution in [0.2, 0.25) is 78.6 Å². The van der Waals surface area contributed by atoms with E-state index in [1.54, 1.807) is 6.21 Å². The molecule has 0 aliphatic carbocycles. The number of hydrogen-bond donors (Lipinski definition) is 0. The molecule has 2 atom stereocenters. The van der Waals surface area contributed by atoms with Gasteiger partial charge < -0.3 is 17.8 Å². The zero-order valence-corrected chi connectivity index (χ0v) is 22.5. The third-order valence-corrected chi connectivity index (χ3v) is 6.25. The monoisotopic (exact) mass is 423 g/mol. The van der Waals surface area contributed by atoms with E-state index in [4.69, 9.17) is 17.8 Å². The van der Waals surface area contributed by atoms with Crippen molar-refractivity contribution in [2.75, 3.05) is 6.61 Å². The number of hydrogen-bond acceptors (Lipinski definition) is 5. The van der Waals surface area contributed by atoms with Crippen LogP contribution in [0.5, 0.6) is 0 Å². The molecule has 2 unspecified atom stereocenters. The molecule has 0 fully saturated rings. The van der Waals surface area contributed by atoms with Crippen LogP contribution < -0.4 is 0 Å². The summed E-state index contributed by atoms with van der Waals surface area (Å²) in [7, 11) is -6.88. The Morgan fingerprint density at radius 2 is 1.16 bits per heavy atom. The van der Waals surface area contributed by atoms with Crippen LogP contribution in [0.1, 0.15) is 0 Å². The highest BCUT2D eigenvalue weighted by atomic mass is 28.4. The molecule has 0 saturated heterocycles. The largest absolute Gasteiger partial charge is 0.456 e. The van der Waals surface area contributed by atoms with E-state index in [1.165, 1.54) is 0 Å². The van der Waals surface area contributed by atoms with E-state index >= 15 is 0 Å². The Bertz CT molecular complexity index is 420. The van der Waals surface area contributed by atoms with Gasteiger partial charge in [0.05, 0.1) is 18.9 Å². The van der Waals surface area contributed by atoms with Crippen molar-refractivity contribution < 1.29 is 17.8 Å². The normalized spacial score (nSPS) is 17.0. The smallest absolute Gasteiger partial charge is 0.278 e. The van der Waals surface area contributed by atoms with Crippen molar-refractivity contribution in [1.29, 1.82) is 0 Å². The van der Waals surface area contributed by atoms with Gasteiger partial charge in [-0.15, -0.1) is 5.16 Å². The Labute approximate surface area is 160 Å². The van der Waals surface area contributed by atoms with Crippen LogP contribution in [0.25, 0.3) is 0 Å². The van der Waals surface area contributed by atoms with E-state index < -0.39 is 33.3 Å². The fraction of sp³-hybridized carbons (Fsp3) is 0.938. The van der Waals surface area contributed by atoms with Gasteiger partial charge in [-0.1, -0.05) is 0 Å². The topological polar surface area (TPSA) is 49.3 Å². The summed E-state index contributed by atoms with van der Waals surface area (Å²) in [5.41, 5.74) is 0. The van der Waals surface area contributed by atoms with Crippen LogP contribution in [-0.4, -0.2) is 58.3 Å². The zero-order valence-electron chi connectivity index (χ0n) is 18.5. The molecular formula is C16H41NO4Si4. The van der Waals surface area contributed by atoms with Crippen LogP contribution in [0.4, 0.5) is 0 Å². The maximum absolute atomic E-state index is 6.42. The second-order valence-corrected chi connectivity index (χ2v) is 28.2. The quantitative estimate of drug-likeness (QED) is 0.263. The summed E-state index contributed by atoms with van der Waals surface area (Å²) in [4.78, 5) is 0. The summed E-state index contributed by atoms with van der Waals surface area (Å²) >= 11 is 0. The maximum Gasteiger partial charge on any atom is 0.278 e. The summed E-state index contributed by atoms with van der Waals surface area (Å²) in [5, 5.41) is 4.25. The van der Waals surface area contributed by atoms with E-state index in [0.29, 0.717) is 6.61 Å². The number of rotatable bonds is 11. The number of oxime groups is 1. The van der Waals surface area contributed by atoms with E-state index in [-0.39, 0.29) is 12.2 Å². The molecule has 9 heteroatoms. The molecule has 0 rings (SSSR count). The molecule has 0 radical (unpaired) electrons. The standard InChI is InChI=1S/C16H41NO4Si4/c1-22(2,3)18-14-16(20-24(7,8)9)15(19-23(4,5)6)13-17-21-25(10,11)12/h13,15-16H,14H2,1-12H3/b17-13+. The minimum Gasteiger partial charge on any atom is -0.456 e. The lowest BCUT2D eigenvalue weighted by Gasteiger charge is -2.35. The van der Waals surface area contributed by atoms with Gasteiger partial charge in [0.25, 0.3) is 8.32 Å². The molecule has 0 aromatic carbocycles. The average molecular weight is 424 g/mol. The highest BCUT2D eigenvalue weighted by Gasteiger charge is 2.33. The predicted molar refractivity (Wildman–Crippen MR) is 119 cm³/mol. The zero-order chi connectivity index (χ0) is 20.1. The molecular weight excluding hydrogens is 383 g/mol. The van der Waals surface area contributed by atoms with Crippen LogP contribution >= 0.6 is 0 Å². The first kappa shape index (κ1) is 25.2. The van der Waals surface area contributed by atoms with E-state index in [2.05, 4.69) is 83.7 Å². The molecule has 0 saturated carbocycles. The van der Waals surface area contributed by atoms with E-state index in [1.807, 2.05) is 0 Å². The lowest BCUT2D eigenvalue weighted by molar-refractivity contribution is 0.0452. The minimum absolute atomic E-state index is 0.154. The van der Waals surface area contributed by atoms with Crippen molar-refractivity contribution in [2.24, 2.45) is 5.16 Å². The number of nitrogens with zero attached hydrogens (tertiary/aromatic N) is 1. The summed E-state index contributed by atoms with van der Waals surface area (Å²) in [6, 6.07) is 0. The lowest BCUT2D eigenvalue weighted by Crippen LogP contribution is -2.49. The summed E-state index contributed by atoms with van der Waals surface area (Å²) in [6.45, 7) is 26.6. The van der Waals surface area contributed by atoms with Crippen LogP contribution in [-0.2, 0) is 17.8 Å². The van der Waals surface area contributed by atoms with Crippen molar-refractivity contribution in [2.45, 2.75) is 90.8 Å². The Kier molecular flexibility index (Phi) is 9.51. The molecule has 5 nitrogen and oxygen atoms in total. The minimum atomic E-state index is -1.77. The van der Waals surface area contributed by atoms with Gasteiger partial charge >= 0.3 is 0 Å². The fourth-order valence-electron chi connectivity index (χ4n) is 1.84. The fourth-order valence-corrected chi connectivity index (χ4v) is 5.02. The summed E-state index contributed by atoms with van der Waals surface area (Å²) < 4.78 is 24.6. The second kappa shape index (κ2) is 9.42. The predicted octanol–water partition coefficient (Wildman–Crippen LogP) is 5.12. The molecule has 0 aliphatic heterocycles. The highest BCUT2D eigenvalue weighted by molar-refractivity contribution is 6.71. The lowest BCUT2D eigenvalue weighted by atomic mass is 10.2. The molecule has 0 aliphatic rings. The molecule has 25 heavy (non-hydrogen) atoms. The van der Waals surface area contributed by atoms with Gasteiger partial charge in [0, 0.05) is 0 Å². The Balaban J connectivity index is 5.40. The van der Waals surface area contributed by atoms with Crippen LogP contribution in [0.3, 0.4) is 0 Å². The highest BCUT2D eigenvalue weighted by Crippen LogP contribution is 2.18. The van der Waals surface area contributed by atoms with Crippen molar-refractivity contribution in [3.8, 4) is 0 Å². The third-order valence-electron chi connectivity index (χ3n) is 2.58. The summed E-state index contributed by atoms with van der Waals surface area (Å²) in [6.07, 6.45) is 1.39. The Morgan fingerprint density at radius 1 is 0.680 bits per heavy atom. The molecule has 0 heterocycles. The molecule has 0 spiro atoms. The third kappa shape index (κ3) is 16.1. The van der Waals surface area contributed by atoms with Crippen LogP contribution in [0, 0.1) is 0 Å². The maximum atomic E-state index is 6.42. The second-order valence-electron chi connectivity index (χ2n) is 10.3. The first-order valence-electron chi connectivity index (χ1n) is 9.09. The molecule has 0 aromatic heterocycles. The van der Waals surface area contributed by atoms with Gasteiger partial charge in [-0.3, -0.25) is 0 Å². The van der Waals surface area contributed by atoms with Gasteiger partial charge in [-0.2, -0.15) is 0 Å². The molecule has 0 N–H and O–H groups in total. The Morgan fingerprint density at radius 3 is 1.52 bits per heavy atom. The average Bonchev–Trinajstić information content (AvgIpc) is 2.27. The van der Waals surface area contributed by atoms with Gasteiger partial charge in [-0.25, -0.2) is 0 Å². The van der Waals surface area contributed by atoms with Gasteiger partial charge in [-0.05, 0) is 78.6 Å². The molecule has 150 valence electrons. The first-order valence-corrected chi connectivity index (χ1v) is 22.7. The van der Waals surface area contributed by atoms with Crippen molar-refractivity contribution in [3.63, 3.8) is 0 Å².